The number of fused-ring (bicyclic) bond motifs is 1. The third kappa shape index (κ3) is 4.73. The number of nitrogens with one attached hydrogen (secondary N) is 1. The van der Waals surface area contributed by atoms with Crippen molar-refractivity contribution in [1.29, 1.82) is 0 Å². The molecule has 1 aromatic heterocycles. The van der Waals surface area contributed by atoms with Crippen LogP contribution in [0.15, 0.2) is 35.6 Å². The van der Waals surface area contributed by atoms with Crippen LogP contribution in [-0.4, -0.2) is 52.5 Å². The van der Waals surface area contributed by atoms with Crippen LogP contribution in [0.4, 0.5) is 28.0 Å². The number of thioether (sulfide) groups is 1. The maximum Gasteiger partial charge on any atom is 0.418 e. The average molecular weight is 501 g/mol. The van der Waals surface area contributed by atoms with Crippen molar-refractivity contribution in [1.82, 2.24) is 9.97 Å². The van der Waals surface area contributed by atoms with Gasteiger partial charge in [-0.3, -0.25) is 5.32 Å². The molecule has 2 aliphatic heterocycles. The van der Waals surface area contributed by atoms with Gasteiger partial charge >= 0.3 is 12.3 Å². The van der Waals surface area contributed by atoms with E-state index in [-0.39, 0.29) is 33.9 Å². The van der Waals surface area contributed by atoms with Gasteiger partial charge in [-0.2, -0.15) is 13.2 Å². The number of nitrogens with zero attached hydrogens (tertiary/aromatic N) is 3. The lowest BCUT2D eigenvalue weighted by Crippen LogP contribution is -2.46. The monoisotopic (exact) mass is 501 g/mol. The molecule has 1 fully saturated rings. The summed E-state index contributed by atoms with van der Waals surface area (Å²) in [6, 6.07) is 3.45. The third-order valence-electron chi connectivity index (χ3n) is 5.28. The second-order valence-electron chi connectivity index (χ2n) is 7.40. The summed E-state index contributed by atoms with van der Waals surface area (Å²) in [7, 11) is 0. The number of hydrogen-bond acceptors (Lipinski definition) is 9. The number of carbonyl (C=O) groups is 1. The molecule has 3 atom stereocenters. The van der Waals surface area contributed by atoms with E-state index in [4.69, 9.17) is 19.9 Å². The van der Waals surface area contributed by atoms with E-state index in [9.17, 15) is 22.4 Å². The van der Waals surface area contributed by atoms with Crippen LogP contribution in [0.5, 0.6) is 11.8 Å². The Bertz CT molecular complexity index is 1100. The smallest absolute Gasteiger partial charge is 0.418 e. The Kier molecular flexibility index (Phi) is 6.53. The normalized spacial score (nSPS) is 24.2. The lowest BCUT2D eigenvalue weighted by atomic mass is 9.78. The lowest BCUT2D eigenvalue weighted by Gasteiger charge is -2.36. The Morgan fingerprint density at radius 2 is 2.06 bits per heavy atom. The Balaban J connectivity index is 1.58. The van der Waals surface area contributed by atoms with Crippen molar-refractivity contribution < 1.29 is 36.6 Å². The molecule has 4 rings (SSSR count). The van der Waals surface area contributed by atoms with Gasteiger partial charge in [-0.1, -0.05) is 11.8 Å². The zero-order chi connectivity index (χ0) is 24.5. The van der Waals surface area contributed by atoms with Crippen LogP contribution >= 0.6 is 11.8 Å². The summed E-state index contributed by atoms with van der Waals surface area (Å²) in [6.45, 7) is 1.63. The fraction of sp³-hybridized carbons (Fsp3) is 0.400. The van der Waals surface area contributed by atoms with E-state index < -0.39 is 42.3 Å². The van der Waals surface area contributed by atoms with E-state index in [1.807, 2.05) is 0 Å². The molecule has 34 heavy (non-hydrogen) atoms. The third-order valence-corrected chi connectivity index (χ3v) is 6.19. The standard InChI is InChI=1S/C20H19F4N5O4S/c1-2-31-14-6-27-15(7-26-14)33-18(30)28-10-3-4-13(21)11(5-10)19-9-32-16(20(22,23)24)12(19)8-34-17(25)29-19/h3-7,12,16H,2,8-9H2,1H3,(H2,25,29)(H,28,30)/t12-,16+,19-/m1/s1. The highest BCUT2D eigenvalue weighted by atomic mass is 32.2. The van der Waals surface area contributed by atoms with Gasteiger partial charge in [0, 0.05) is 22.9 Å². The molecule has 1 amide bonds. The number of amides is 1. The highest BCUT2D eigenvalue weighted by molar-refractivity contribution is 8.13. The number of nitrogens with two attached hydrogens (primary N) is 1. The predicted octanol–water partition coefficient (Wildman–Crippen LogP) is 3.46. The van der Waals surface area contributed by atoms with Crippen molar-refractivity contribution in [2.45, 2.75) is 24.7 Å². The predicted molar refractivity (Wildman–Crippen MR) is 114 cm³/mol. The van der Waals surface area contributed by atoms with Crippen molar-refractivity contribution in [2.24, 2.45) is 16.6 Å². The summed E-state index contributed by atoms with van der Waals surface area (Å²) < 4.78 is 70.7. The van der Waals surface area contributed by atoms with Crippen molar-refractivity contribution in [2.75, 3.05) is 24.3 Å². The van der Waals surface area contributed by atoms with Gasteiger partial charge in [-0.05, 0) is 25.1 Å². The van der Waals surface area contributed by atoms with Gasteiger partial charge < -0.3 is 19.9 Å². The highest BCUT2D eigenvalue weighted by Crippen LogP contribution is 2.52. The second-order valence-corrected chi connectivity index (χ2v) is 8.44. The van der Waals surface area contributed by atoms with E-state index >= 15 is 0 Å². The van der Waals surface area contributed by atoms with Crippen molar-refractivity contribution >= 4 is 28.7 Å². The minimum atomic E-state index is -4.66. The number of aromatic nitrogens is 2. The van der Waals surface area contributed by atoms with Crippen LogP contribution in [0.25, 0.3) is 0 Å². The molecule has 0 aliphatic carbocycles. The quantitative estimate of drug-likeness (QED) is 0.598. The zero-order valence-corrected chi connectivity index (χ0v) is 18.5. The molecule has 0 unspecified atom stereocenters. The summed E-state index contributed by atoms with van der Waals surface area (Å²) >= 11 is 0.947. The van der Waals surface area contributed by atoms with Crippen LogP contribution in [0.1, 0.15) is 12.5 Å². The molecular weight excluding hydrogens is 482 g/mol. The Hall–Kier alpha value is -3.13. The molecule has 1 aromatic carbocycles. The summed E-state index contributed by atoms with van der Waals surface area (Å²) in [5, 5.41) is 2.41. The Labute approximate surface area is 195 Å². The topological polar surface area (TPSA) is 121 Å². The summed E-state index contributed by atoms with van der Waals surface area (Å²) in [5.74, 6) is -1.96. The summed E-state index contributed by atoms with van der Waals surface area (Å²) in [4.78, 5) is 24.3. The maximum atomic E-state index is 14.9. The number of anilines is 1. The van der Waals surface area contributed by atoms with Crippen LogP contribution < -0.4 is 20.5 Å². The SMILES string of the molecule is CCOc1cnc(OC(=O)Nc2ccc(F)c([C@]34CO[C@H](C(F)(F)F)[C@H]3CSC(N)=N4)c2)cn1. The molecule has 0 saturated carbocycles. The largest absolute Gasteiger partial charge is 0.477 e. The zero-order valence-electron chi connectivity index (χ0n) is 17.6. The van der Waals surface area contributed by atoms with Gasteiger partial charge in [0.25, 0.3) is 0 Å². The van der Waals surface area contributed by atoms with Crippen LogP contribution in [0.3, 0.4) is 0 Å². The Morgan fingerprint density at radius 3 is 2.74 bits per heavy atom. The van der Waals surface area contributed by atoms with Gasteiger partial charge in [0.15, 0.2) is 11.3 Å². The number of benzene rings is 1. The molecular formula is C20H19F4N5O4S. The molecule has 9 nitrogen and oxygen atoms in total. The fourth-order valence-corrected chi connectivity index (χ4v) is 4.88. The first-order valence-corrected chi connectivity index (χ1v) is 11.0. The molecule has 182 valence electrons. The fourth-order valence-electron chi connectivity index (χ4n) is 3.85. The number of hydrogen-bond donors (Lipinski definition) is 2. The number of amidine groups is 1. The molecule has 0 radical (unpaired) electrons. The number of alkyl halides is 3. The van der Waals surface area contributed by atoms with Crippen molar-refractivity contribution in [3.05, 3.63) is 42.0 Å². The van der Waals surface area contributed by atoms with E-state index in [0.717, 1.165) is 17.8 Å². The number of rotatable bonds is 5. The number of carbonyl (C=O) groups excluding carboxylic acids is 1. The van der Waals surface area contributed by atoms with Gasteiger partial charge in [-0.15, -0.1) is 0 Å². The summed E-state index contributed by atoms with van der Waals surface area (Å²) in [6.07, 6.45) is -5.32. The minimum absolute atomic E-state index is 0.0221. The molecule has 1 saturated heterocycles. The molecule has 2 aliphatic rings. The van der Waals surface area contributed by atoms with Crippen LogP contribution in [0.2, 0.25) is 0 Å². The van der Waals surface area contributed by atoms with E-state index in [1.165, 1.54) is 24.5 Å². The lowest BCUT2D eigenvalue weighted by molar-refractivity contribution is -0.215. The minimum Gasteiger partial charge on any atom is -0.477 e. The molecule has 2 aromatic rings. The number of aliphatic imine (C=N–C) groups is 1. The molecule has 0 bridgehead atoms. The first-order chi connectivity index (χ1) is 16.1. The second kappa shape index (κ2) is 9.25. The Morgan fingerprint density at radius 1 is 1.32 bits per heavy atom. The van der Waals surface area contributed by atoms with E-state index in [1.54, 1.807) is 6.92 Å². The number of halogens is 4. The summed E-state index contributed by atoms with van der Waals surface area (Å²) in [5.41, 5.74) is 3.99. The molecule has 0 spiro atoms. The van der Waals surface area contributed by atoms with E-state index in [0.29, 0.717) is 6.61 Å². The van der Waals surface area contributed by atoms with E-state index in [2.05, 4.69) is 20.3 Å². The average Bonchev–Trinajstić information content (AvgIpc) is 3.16. The van der Waals surface area contributed by atoms with Gasteiger partial charge in [0.05, 0.1) is 25.6 Å². The maximum absolute atomic E-state index is 14.9. The first kappa shape index (κ1) is 24.0. The van der Waals surface area contributed by atoms with Crippen molar-refractivity contribution in [3.63, 3.8) is 0 Å². The highest BCUT2D eigenvalue weighted by Gasteiger charge is 2.62. The van der Waals surface area contributed by atoms with Gasteiger partial charge in [0.2, 0.25) is 11.8 Å². The van der Waals surface area contributed by atoms with Gasteiger partial charge in [-0.25, -0.2) is 24.1 Å². The van der Waals surface area contributed by atoms with Crippen LogP contribution in [-0.2, 0) is 10.3 Å². The van der Waals surface area contributed by atoms with Crippen LogP contribution in [0, 0.1) is 11.7 Å². The molecule has 3 heterocycles. The molecule has 14 heteroatoms. The number of ether oxygens (including phenoxy) is 3. The van der Waals surface area contributed by atoms with Crippen molar-refractivity contribution in [3.8, 4) is 11.8 Å². The first-order valence-electron chi connectivity index (χ1n) is 10.0. The molecule has 3 N–H and O–H groups in total. The van der Waals surface area contributed by atoms with Gasteiger partial charge in [0.1, 0.15) is 11.4 Å².